The molecule has 2 aromatic heterocycles. The van der Waals surface area contributed by atoms with Crippen LogP contribution in [0.2, 0.25) is 23.3 Å². The molecule has 0 unspecified atom stereocenters. The number of rotatable bonds is 3. The third kappa shape index (κ3) is 2.69. The van der Waals surface area contributed by atoms with Crippen LogP contribution in [0.1, 0.15) is 34.1 Å². The molecule has 0 aliphatic heterocycles. The summed E-state index contributed by atoms with van der Waals surface area (Å²) in [4.78, 5) is 9.46. The van der Waals surface area contributed by atoms with E-state index in [4.69, 9.17) is 22.3 Å². The first kappa shape index (κ1) is 16.3. The van der Waals surface area contributed by atoms with Gasteiger partial charge in [0, 0.05) is 12.7 Å². The Morgan fingerprint density at radius 1 is 1.29 bits per heavy atom. The third-order valence-corrected chi connectivity index (χ3v) is 9.97. The quantitative estimate of drug-likeness (QED) is 0.690. The molecule has 0 aromatic carbocycles. The third-order valence-electron chi connectivity index (χ3n) is 4.60. The van der Waals surface area contributed by atoms with Crippen molar-refractivity contribution in [3.8, 4) is 0 Å². The van der Waals surface area contributed by atoms with Crippen molar-refractivity contribution in [1.29, 1.82) is 0 Å². The topological polar surface area (TPSA) is 56.7 Å². The summed E-state index contributed by atoms with van der Waals surface area (Å²) in [7, 11) is -1.83. The second-order valence-corrected chi connectivity index (χ2v) is 12.7. The predicted octanol–water partition coefficient (Wildman–Crippen LogP) is 3.79. The van der Waals surface area contributed by atoms with Gasteiger partial charge in [-0.1, -0.05) is 52.4 Å². The number of hydrogen-bond donors (Lipinski definition) is 1. The van der Waals surface area contributed by atoms with Crippen LogP contribution in [-0.4, -0.2) is 22.6 Å². The molecule has 6 heteroatoms. The number of halogens is 1. The average molecular weight is 325 g/mol. The lowest BCUT2D eigenvalue weighted by Gasteiger charge is -2.35. The Balaban J connectivity index is 2.72. The van der Waals surface area contributed by atoms with E-state index in [1.807, 2.05) is 6.20 Å². The monoisotopic (exact) mass is 324 g/mol. The first-order chi connectivity index (χ1) is 9.59. The molecular weight excluding hydrogens is 300 g/mol. The Labute approximate surface area is 132 Å². The van der Waals surface area contributed by atoms with Gasteiger partial charge < -0.3 is 10.3 Å². The Morgan fingerprint density at radius 2 is 1.90 bits per heavy atom. The van der Waals surface area contributed by atoms with Crippen LogP contribution in [0.5, 0.6) is 0 Å². The summed E-state index contributed by atoms with van der Waals surface area (Å²) in [6.07, 6.45) is 2.95. The Kier molecular flexibility index (Phi) is 4.10. The molecule has 2 rings (SSSR count). The molecule has 0 saturated carbocycles. The van der Waals surface area contributed by atoms with Crippen molar-refractivity contribution < 1.29 is 0 Å². The minimum absolute atomic E-state index is 0.164. The van der Waals surface area contributed by atoms with Gasteiger partial charge in [0.2, 0.25) is 0 Å². The van der Waals surface area contributed by atoms with Gasteiger partial charge in [-0.2, -0.15) is 0 Å². The molecule has 4 nitrogen and oxygen atoms in total. The normalized spacial score (nSPS) is 13.1. The summed E-state index contributed by atoms with van der Waals surface area (Å²) in [5.74, 6) is 0. The maximum atomic E-state index is 6.41. The Hall–Kier alpha value is -1.07. The number of aryl methyl sites for hydroxylation is 1. The van der Waals surface area contributed by atoms with Crippen LogP contribution in [0.25, 0.3) is 11.0 Å². The maximum Gasteiger partial charge on any atom is 0.146 e. The fraction of sp³-hybridized carbons (Fsp3) is 0.600. The number of hydrogen-bond acceptors (Lipinski definition) is 3. The van der Waals surface area contributed by atoms with Gasteiger partial charge in [0.05, 0.1) is 11.1 Å². The largest absolute Gasteiger partial charge is 0.397 e. The lowest BCUT2D eigenvalue weighted by atomic mass is 10.2. The van der Waals surface area contributed by atoms with Gasteiger partial charge in [-0.25, -0.2) is 9.97 Å². The van der Waals surface area contributed by atoms with Crippen LogP contribution in [-0.2, 0) is 6.54 Å². The van der Waals surface area contributed by atoms with Crippen LogP contribution in [0.4, 0.5) is 5.69 Å². The van der Waals surface area contributed by atoms with E-state index in [1.54, 1.807) is 0 Å². The zero-order valence-corrected chi connectivity index (χ0v) is 15.5. The number of nitrogens with zero attached hydrogens (tertiary/aromatic N) is 3. The lowest BCUT2D eigenvalue weighted by molar-refractivity contribution is 0.697. The van der Waals surface area contributed by atoms with E-state index in [2.05, 4.69) is 50.3 Å². The molecule has 0 aliphatic carbocycles. The fourth-order valence-corrected chi connectivity index (χ4v) is 3.99. The van der Waals surface area contributed by atoms with E-state index in [9.17, 15) is 0 Å². The van der Waals surface area contributed by atoms with Crippen molar-refractivity contribution in [3.05, 3.63) is 11.3 Å². The lowest BCUT2D eigenvalue weighted by Crippen LogP contribution is -2.52. The van der Waals surface area contributed by atoms with Gasteiger partial charge in [-0.15, -0.1) is 0 Å². The van der Waals surface area contributed by atoms with Crippen molar-refractivity contribution in [1.82, 2.24) is 14.5 Å². The van der Waals surface area contributed by atoms with Crippen molar-refractivity contribution in [3.63, 3.8) is 0 Å². The molecule has 116 valence electrons. The second-order valence-electron chi connectivity index (χ2n) is 7.19. The number of aromatic nitrogens is 3. The van der Waals surface area contributed by atoms with Gasteiger partial charge in [-0.05, 0) is 11.5 Å². The molecule has 2 heterocycles. The van der Waals surface area contributed by atoms with Crippen LogP contribution in [0, 0.1) is 0 Å². The Bertz CT molecular complexity index is 670. The minimum atomic E-state index is -1.83. The molecule has 0 radical (unpaired) electrons. The van der Waals surface area contributed by atoms with Gasteiger partial charge in [0.15, 0.2) is 0 Å². The molecule has 21 heavy (non-hydrogen) atoms. The molecule has 0 saturated heterocycles. The summed E-state index contributed by atoms with van der Waals surface area (Å²) in [5, 5.41) is 1.43. The highest BCUT2D eigenvalue weighted by Gasteiger charge is 2.40. The van der Waals surface area contributed by atoms with E-state index in [1.165, 1.54) is 0 Å². The highest BCUT2D eigenvalue weighted by atomic mass is 35.5. The second kappa shape index (κ2) is 5.28. The molecule has 0 spiro atoms. The zero-order valence-electron chi connectivity index (χ0n) is 13.8. The van der Waals surface area contributed by atoms with Crippen LogP contribution >= 0.6 is 11.6 Å². The highest BCUT2D eigenvalue weighted by molar-refractivity contribution is 6.91. The molecule has 0 bridgehead atoms. The molecule has 0 atom stereocenters. The molecule has 0 amide bonds. The van der Waals surface area contributed by atoms with Crippen molar-refractivity contribution in [2.45, 2.75) is 58.8 Å². The van der Waals surface area contributed by atoms with E-state index in [0.29, 0.717) is 10.8 Å². The van der Waals surface area contributed by atoms with E-state index >= 15 is 0 Å². The van der Waals surface area contributed by atoms with Gasteiger partial charge >= 0.3 is 0 Å². The van der Waals surface area contributed by atoms with Gasteiger partial charge in [-0.3, -0.25) is 0 Å². The molecular formula is C15H25ClN4Si. The summed E-state index contributed by atoms with van der Waals surface area (Å²) >= 11 is 6.41. The van der Waals surface area contributed by atoms with E-state index in [0.717, 1.165) is 29.4 Å². The SMILES string of the molecule is CCCn1cc(N)c2c(Cl)nc([Si](C)(C)C(C)(C)C)nc21. The van der Waals surface area contributed by atoms with E-state index in [-0.39, 0.29) is 5.04 Å². The van der Waals surface area contributed by atoms with Crippen LogP contribution in [0.3, 0.4) is 0 Å². The minimum Gasteiger partial charge on any atom is -0.397 e. The van der Waals surface area contributed by atoms with Gasteiger partial charge in [0.1, 0.15) is 24.3 Å². The smallest absolute Gasteiger partial charge is 0.146 e. The molecule has 2 aromatic rings. The fourth-order valence-electron chi connectivity index (χ4n) is 2.20. The first-order valence-electron chi connectivity index (χ1n) is 7.42. The number of anilines is 1. The van der Waals surface area contributed by atoms with E-state index < -0.39 is 8.07 Å². The summed E-state index contributed by atoms with van der Waals surface area (Å²) in [5.41, 5.74) is 8.51. The maximum absolute atomic E-state index is 6.41. The Morgan fingerprint density at radius 3 is 2.43 bits per heavy atom. The number of nitrogens with two attached hydrogens (primary N) is 1. The summed E-state index contributed by atoms with van der Waals surface area (Å²) in [6, 6.07) is 0. The van der Waals surface area contributed by atoms with Crippen LogP contribution in [0.15, 0.2) is 6.20 Å². The highest BCUT2D eigenvalue weighted by Crippen LogP contribution is 2.36. The summed E-state index contributed by atoms with van der Waals surface area (Å²) in [6.45, 7) is 14.4. The average Bonchev–Trinajstić information content (AvgIpc) is 2.65. The zero-order chi connectivity index (χ0) is 16.0. The van der Waals surface area contributed by atoms with Crippen molar-refractivity contribution >= 4 is 41.8 Å². The molecule has 0 aliphatic rings. The molecule has 2 N–H and O–H groups in total. The van der Waals surface area contributed by atoms with Crippen molar-refractivity contribution in [2.75, 3.05) is 5.73 Å². The number of nitrogen functional groups attached to an aromatic ring is 1. The van der Waals surface area contributed by atoms with Crippen LogP contribution < -0.4 is 11.2 Å². The predicted molar refractivity (Wildman–Crippen MR) is 94.1 cm³/mol. The molecule has 0 fully saturated rings. The van der Waals surface area contributed by atoms with Crippen molar-refractivity contribution in [2.24, 2.45) is 0 Å². The number of fused-ring (bicyclic) bond motifs is 1. The van der Waals surface area contributed by atoms with Gasteiger partial charge in [0.25, 0.3) is 0 Å². The summed E-state index contributed by atoms with van der Waals surface area (Å²) < 4.78 is 2.09. The first-order valence-corrected chi connectivity index (χ1v) is 10.8. The standard InChI is InChI=1S/C15H25ClN4Si/c1-7-8-20-9-10(17)11-12(16)18-14(19-13(11)20)21(5,6)15(2,3)4/h9H,7-8,17H2,1-6H3.